The second-order valence-electron chi connectivity index (χ2n) is 12.2. The molecule has 3 aromatic rings. The van der Waals surface area contributed by atoms with E-state index in [9.17, 15) is 23.2 Å². The fourth-order valence-electron chi connectivity index (χ4n) is 5.89. The Morgan fingerprint density at radius 1 is 0.978 bits per heavy atom. The number of likely N-dealkylation sites (tertiary alicyclic amines) is 1. The van der Waals surface area contributed by atoms with Crippen molar-refractivity contribution in [3.8, 4) is 0 Å². The highest BCUT2D eigenvalue weighted by Crippen LogP contribution is 2.33. The third-order valence-electron chi connectivity index (χ3n) is 8.75. The molecular weight excluding hydrogens is 583 g/mol. The van der Waals surface area contributed by atoms with Gasteiger partial charge >= 0.3 is 6.18 Å². The van der Waals surface area contributed by atoms with E-state index in [-0.39, 0.29) is 17.5 Å². The summed E-state index contributed by atoms with van der Waals surface area (Å²) in [6.07, 6.45) is -2.60. The zero-order chi connectivity index (χ0) is 33.4. The number of carbonyl (C=O) groups excluding carboxylic acids is 1. The first-order valence-electron chi connectivity index (χ1n) is 15.3. The molecule has 5 rings (SSSR count). The predicted molar refractivity (Wildman–Crippen MR) is 169 cm³/mol. The summed E-state index contributed by atoms with van der Waals surface area (Å²) in [6, 6.07) is 16.0. The van der Waals surface area contributed by atoms with Crippen LogP contribution in [0.2, 0.25) is 0 Å². The number of hydrogen-bond acceptors (Lipinski definition) is 6. The SMILES string of the molecule is COC.Cc1ccccc1.Cc1nn(O)c(C)c1C(=O)N1CCC(C)(N2CCN(Cc3ccc(C(F)(F)F)cc3)[C@@H](C)C2)CC1. The summed E-state index contributed by atoms with van der Waals surface area (Å²) in [5, 5.41) is 13.7. The number of piperazine rings is 1. The average Bonchev–Trinajstić information content (AvgIpc) is 3.25. The Morgan fingerprint density at radius 2 is 1.56 bits per heavy atom. The van der Waals surface area contributed by atoms with Crippen molar-refractivity contribution in [3.63, 3.8) is 0 Å². The normalized spacial score (nSPS) is 18.8. The number of rotatable bonds is 4. The number of halogens is 3. The van der Waals surface area contributed by atoms with Crippen LogP contribution in [-0.4, -0.2) is 94.3 Å². The Hall–Kier alpha value is -3.41. The molecule has 248 valence electrons. The number of piperidine rings is 1. The quantitative estimate of drug-likeness (QED) is 0.345. The molecule has 45 heavy (non-hydrogen) atoms. The van der Waals surface area contributed by atoms with E-state index in [0.29, 0.717) is 36.6 Å². The molecule has 1 aromatic heterocycles. The Balaban J connectivity index is 0.000000474. The van der Waals surface area contributed by atoms with E-state index in [4.69, 9.17) is 0 Å². The van der Waals surface area contributed by atoms with E-state index in [1.807, 2.05) is 23.1 Å². The molecule has 1 amide bonds. The van der Waals surface area contributed by atoms with Crippen LogP contribution in [0.1, 0.15) is 65.1 Å². The fourth-order valence-corrected chi connectivity index (χ4v) is 5.89. The van der Waals surface area contributed by atoms with Gasteiger partial charge in [0, 0.05) is 65.1 Å². The molecule has 11 heteroatoms. The lowest BCUT2D eigenvalue weighted by molar-refractivity contribution is -0.137. The standard InChI is InChI=1S/C25H34F3N5O2.C7H8.C2H6O/c1-17-15-32(14-13-31(17)16-20-5-7-21(8-6-20)25(26,27)28)24(4)9-11-30(12-10-24)23(34)22-18(2)29-33(35)19(22)3;1-7-5-3-2-4-6-7;1-3-2/h5-8,17,35H,9-16H2,1-4H3;2-6H,1H3;1-2H3/t17-;;/m0../s1. The van der Waals surface area contributed by atoms with Crippen molar-refractivity contribution in [3.05, 3.63) is 88.2 Å². The third kappa shape index (κ3) is 9.54. The number of ether oxygens (including phenoxy) is 1. The van der Waals surface area contributed by atoms with Crippen molar-refractivity contribution in [2.24, 2.45) is 0 Å². The molecule has 1 N–H and O–H groups in total. The minimum atomic E-state index is -4.31. The predicted octanol–water partition coefficient (Wildman–Crippen LogP) is 6.21. The first-order chi connectivity index (χ1) is 21.2. The Morgan fingerprint density at radius 3 is 2.00 bits per heavy atom. The Labute approximate surface area is 265 Å². The number of aromatic nitrogens is 2. The van der Waals surface area contributed by atoms with Gasteiger partial charge in [-0.2, -0.15) is 13.2 Å². The lowest BCUT2D eigenvalue weighted by Gasteiger charge is -2.51. The maximum absolute atomic E-state index is 13.1. The van der Waals surface area contributed by atoms with Crippen LogP contribution in [0.25, 0.3) is 0 Å². The molecule has 0 radical (unpaired) electrons. The van der Waals surface area contributed by atoms with Gasteiger partial charge in [0.1, 0.15) is 0 Å². The number of amides is 1. The molecule has 8 nitrogen and oxygen atoms in total. The van der Waals surface area contributed by atoms with Crippen LogP contribution in [0, 0.1) is 20.8 Å². The van der Waals surface area contributed by atoms with E-state index < -0.39 is 11.7 Å². The van der Waals surface area contributed by atoms with Gasteiger partial charge in [-0.15, -0.1) is 9.94 Å². The van der Waals surface area contributed by atoms with E-state index in [0.717, 1.165) is 55.0 Å². The molecule has 2 aliphatic rings. The van der Waals surface area contributed by atoms with Crippen LogP contribution in [0.4, 0.5) is 13.2 Å². The second kappa shape index (κ2) is 15.7. The number of aryl methyl sites for hydroxylation is 2. The largest absolute Gasteiger partial charge is 0.416 e. The summed E-state index contributed by atoms with van der Waals surface area (Å²) in [6.45, 7) is 14.4. The number of carbonyl (C=O) groups is 1. The van der Waals surface area contributed by atoms with Gasteiger partial charge in [0.2, 0.25) is 0 Å². The molecule has 2 aromatic carbocycles. The van der Waals surface area contributed by atoms with Crippen LogP contribution in [0.15, 0.2) is 54.6 Å². The third-order valence-corrected chi connectivity index (χ3v) is 8.75. The van der Waals surface area contributed by atoms with E-state index >= 15 is 0 Å². The summed E-state index contributed by atoms with van der Waals surface area (Å²) in [7, 11) is 3.25. The maximum Gasteiger partial charge on any atom is 0.416 e. The zero-order valence-corrected chi connectivity index (χ0v) is 27.6. The number of benzene rings is 2. The molecule has 0 aliphatic carbocycles. The number of alkyl halides is 3. The minimum Gasteiger partial charge on any atom is -0.411 e. The zero-order valence-electron chi connectivity index (χ0n) is 27.6. The highest BCUT2D eigenvalue weighted by Gasteiger charge is 2.40. The molecule has 0 saturated carbocycles. The lowest BCUT2D eigenvalue weighted by atomic mass is 9.86. The van der Waals surface area contributed by atoms with Gasteiger partial charge in [0.15, 0.2) is 0 Å². The van der Waals surface area contributed by atoms with Gasteiger partial charge < -0.3 is 14.8 Å². The van der Waals surface area contributed by atoms with Crippen molar-refractivity contribution in [2.45, 2.75) is 71.8 Å². The van der Waals surface area contributed by atoms with Gasteiger partial charge in [-0.05, 0) is 65.2 Å². The summed E-state index contributed by atoms with van der Waals surface area (Å²) in [4.78, 5) is 20.5. The first-order valence-corrected chi connectivity index (χ1v) is 15.3. The summed E-state index contributed by atoms with van der Waals surface area (Å²) in [5.74, 6) is -0.0860. The molecule has 2 aliphatic heterocycles. The molecule has 0 bridgehead atoms. The number of methoxy groups -OCH3 is 1. The highest BCUT2D eigenvalue weighted by molar-refractivity contribution is 5.96. The Bertz CT molecular complexity index is 1350. The lowest BCUT2D eigenvalue weighted by Crippen LogP contribution is -2.61. The topological polar surface area (TPSA) is 74.1 Å². The van der Waals surface area contributed by atoms with E-state index in [2.05, 4.69) is 52.5 Å². The van der Waals surface area contributed by atoms with Crippen molar-refractivity contribution in [2.75, 3.05) is 46.9 Å². The molecule has 0 spiro atoms. The summed E-state index contributed by atoms with van der Waals surface area (Å²) in [5.41, 5.74) is 3.03. The van der Waals surface area contributed by atoms with Crippen molar-refractivity contribution >= 4 is 5.91 Å². The molecule has 3 heterocycles. The van der Waals surface area contributed by atoms with Gasteiger partial charge in [0.25, 0.3) is 5.91 Å². The molecule has 0 unspecified atom stereocenters. The van der Waals surface area contributed by atoms with Crippen LogP contribution in [0.5, 0.6) is 0 Å². The van der Waals surface area contributed by atoms with Gasteiger partial charge in [-0.25, -0.2) is 0 Å². The highest BCUT2D eigenvalue weighted by atomic mass is 19.4. The van der Waals surface area contributed by atoms with E-state index in [1.54, 1.807) is 40.2 Å². The number of hydrogen-bond donors (Lipinski definition) is 1. The van der Waals surface area contributed by atoms with Crippen LogP contribution >= 0.6 is 0 Å². The maximum atomic E-state index is 13.1. The average molecular weight is 632 g/mol. The van der Waals surface area contributed by atoms with Gasteiger partial charge in [-0.3, -0.25) is 14.6 Å². The fraction of sp³-hybridized carbons (Fsp3) is 0.529. The summed E-state index contributed by atoms with van der Waals surface area (Å²) >= 11 is 0. The monoisotopic (exact) mass is 631 g/mol. The molecule has 2 fully saturated rings. The summed E-state index contributed by atoms with van der Waals surface area (Å²) < 4.78 is 42.8. The Kier molecular flexibility index (Phi) is 12.6. The van der Waals surface area contributed by atoms with Crippen molar-refractivity contribution < 1.29 is 27.9 Å². The number of nitrogens with zero attached hydrogens (tertiary/aromatic N) is 5. The van der Waals surface area contributed by atoms with E-state index in [1.165, 1.54) is 5.56 Å². The van der Waals surface area contributed by atoms with Crippen molar-refractivity contribution in [1.29, 1.82) is 0 Å². The molecule has 1 atom stereocenters. The van der Waals surface area contributed by atoms with Gasteiger partial charge in [-0.1, -0.05) is 48.0 Å². The van der Waals surface area contributed by atoms with Crippen LogP contribution in [-0.2, 0) is 17.5 Å². The van der Waals surface area contributed by atoms with Crippen molar-refractivity contribution in [1.82, 2.24) is 24.6 Å². The first kappa shape index (κ1) is 36.1. The molecule has 2 saturated heterocycles. The second-order valence-corrected chi connectivity index (χ2v) is 12.2. The van der Waals surface area contributed by atoms with Crippen LogP contribution < -0.4 is 0 Å². The molecular formula is C34H48F3N5O3. The van der Waals surface area contributed by atoms with Gasteiger partial charge in [0.05, 0.1) is 22.5 Å². The minimum absolute atomic E-state index is 0.0171. The smallest absolute Gasteiger partial charge is 0.411 e. The van der Waals surface area contributed by atoms with Crippen LogP contribution in [0.3, 0.4) is 0 Å².